The largest absolute Gasteiger partial charge is 0.496 e. The maximum Gasteiger partial charge on any atom is 0.123 e. The average Bonchev–Trinajstić information content (AvgIpc) is 2.26. The summed E-state index contributed by atoms with van der Waals surface area (Å²) in [6, 6.07) is 6.29. The second-order valence-electron chi connectivity index (χ2n) is 3.36. The highest BCUT2D eigenvalue weighted by atomic mass is 79.9. The quantitative estimate of drug-likeness (QED) is 0.830. The minimum Gasteiger partial charge on any atom is -0.496 e. The van der Waals surface area contributed by atoms with Gasteiger partial charge in [-0.25, -0.2) is 0 Å². The van der Waals surface area contributed by atoms with Crippen molar-refractivity contribution in [2.75, 3.05) is 7.11 Å². The molecule has 0 aliphatic rings. The predicted molar refractivity (Wildman–Crippen MR) is 67.2 cm³/mol. The Kier molecular flexibility index (Phi) is 4.85. The second kappa shape index (κ2) is 5.93. The fourth-order valence-electron chi connectivity index (χ4n) is 1.24. The SMILES string of the molecule is C=CC(C)NCc1cc(Br)ccc1OC. The molecule has 1 aromatic carbocycles. The molecule has 0 aromatic heterocycles. The van der Waals surface area contributed by atoms with Crippen LogP contribution in [-0.4, -0.2) is 13.2 Å². The Morgan fingerprint density at radius 1 is 1.60 bits per heavy atom. The van der Waals surface area contributed by atoms with Crippen LogP contribution in [0.2, 0.25) is 0 Å². The summed E-state index contributed by atoms with van der Waals surface area (Å²) in [6.45, 7) is 6.57. The van der Waals surface area contributed by atoms with E-state index < -0.39 is 0 Å². The van der Waals surface area contributed by atoms with Crippen LogP contribution in [0.1, 0.15) is 12.5 Å². The first kappa shape index (κ1) is 12.3. The van der Waals surface area contributed by atoms with Gasteiger partial charge in [0.05, 0.1) is 7.11 Å². The number of halogens is 1. The predicted octanol–water partition coefficient (Wildman–Crippen LogP) is 3.12. The molecule has 0 radical (unpaired) electrons. The third kappa shape index (κ3) is 3.68. The van der Waals surface area contributed by atoms with E-state index in [2.05, 4.69) is 40.8 Å². The summed E-state index contributed by atoms with van der Waals surface area (Å²) < 4.78 is 6.34. The van der Waals surface area contributed by atoms with Crippen LogP contribution in [0.3, 0.4) is 0 Å². The Labute approximate surface area is 99.5 Å². The molecule has 82 valence electrons. The molecule has 1 N–H and O–H groups in total. The Bertz CT molecular complexity index is 338. The molecule has 1 atom stereocenters. The van der Waals surface area contributed by atoms with Crippen molar-refractivity contribution in [3.05, 3.63) is 40.9 Å². The molecule has 3 heteroatoms. The smallest absolute Gasteiger partial charge is 0.123 e. The van der Waals surface area contributed by atoms with E-state index in [9.17, 15) is 0 Å². The van der Waals surface area contributed by atoms with E-state index in [1.807, 2.05) is 18.2 Å². The Balaban J connectivity index is 2.73. The molecule has 0 saturated heterocycles. The van der Waals surface area contributed by atoms with Gasteiger partial charge in [0.2, 0.25) is 0 Å². The second-order valence-corrected chi connectivity index (χ2v) is 4.28. The maximum atomic E-state index is 5.28. The number of hydrogen-bond donors (Lipinski definition) is 1. The molecule has 0 spiro atoms. The van der Waals surface area contributed by atoms with Crippen molar-refractivity contribution in [2.45, 2.75) is 19.5 Å². The van der Waals surface area contributed by atoms with E-state index in [0.29, 0.717) is 6.04 Å². The van der Waals surface area contributed by atoms with Crippen molar-refractivity contribution in [1.82, 2.24) is 5.32 Å². The number of nitrogens with one attached hydrogen (secondary N) is 1. The van der Waals surface area contributed by atoms with Crippen LogP contribution in [0.25, 0.3) is 0 Å². The molecule has 15 heavy (non-hydrogen) atoms. The van der Waals surface area contributed by atoms with Crippen LogP contribution in [0.15, 0.2) is 35.3 Å². The molecule has 0 aliphatic heterocycles. The molecule has 0 heterocycles. The van der Waals surface area contributed by atoms with Gasteiger partial charge in [0.25, 0.3) is 0 Å². The van der Waals surface area contributed by atoms with Gasteiger partial charge in [-0.1, -0.05) is 22.0 Å². The van der Waals surface area contributed by atoms with Gasteiger partial charge < -0.3 is 10.1 Å². The van der Waals surface area contributed by atoms with Crippen molar-refractivity contribution in [3.63, 3.8) is 0 Å². The van der Waals surface area contributed by atoms with Crippen LogP contribution < -0.4 is 10.1 Å². The number of hydrogen-bond acceptors (Lipinski definition) is 2. The Morgan fingerprint density at radius 2 is 2.33 bits per heavy atom. The first-order chi connectivity index (χ1) is 7.17. The third-order valence-electron chi connectivity index (χ3n) is 2.21. The maximum absolute atomic E-state index is 5.28. The van der Waals surface area contributed by atoms with Gasteiger partial charge in [-0.2, -0.15) is 0 Å². The summed E-state index contributed by atoms with van der Waals surface area (Å²) >= 11 is 3.45. The Hall–Kier alpha value is -0.800. The molecule has 0 bridgehead atoms. The van der Waals surface area contributed by atoms with E-state index in [-0.39, 0.29) is 0 Å². The molecule has 0 fully saturated rings. The van der Waals surface area contributed by atoms with Crippen molar-refractivity contribution >= 4 is 15.9 Å². The number of rotatable bonds is 5. The van der Waals surface area contributed by atoms with E-state index in [1.54, 1.807) is 7.11 Å². The fraction of sp³-hybridized carbons (Fsp3) is 0.333. The van der Waals surface area contributed by atoms with Crippen molar-refractivity contribution in [3.8, 4) is 5.75 Å². The average molecular weight is 270 g/mol. The normalized spacial score (nSPS) is 12.2. The first-order valence-corrected chi connectivity index (χ1v) is 5.65. The highest BCUT2D eigenvalue weighted by Gasteiger charge is 2.04. The van der Waals surface area contributed by atoms with Gasteiger partial charge in [-0.3, -0.25) is 0 Å². The lowest BCUT2D eigenvalue weighted by Gasteiger charge is -2.12. The van der Waals surface area contributed by atoms with Gasteiger partial charge >= 0.3 is 0 Å². The Morgan fingerprint density at radius 3 is 2.93 bits per heavy atom. The minimum atomic E-state index is 0.300. The summed E-state index contributed by atoms with van der Waals surface area (Å²) in [7, 11) is 1.68. The summed E-state index contributed by atoms with van der Waals surface area (Å²) in [4.78, 5) is 0. The summed E-state index contributed by atoms with van der Waals surface area (Å²) in [5.41, 5.74) is 1.14. The lowest BCUT2D eigenvalue weighted by atomic mass is 10.2. The molecule has 0 aliphatic carbocycles. The lowest BCUT2D eigenvalue weighted by molar-refractivity contribution is 0.407. The zero-order valence-electron chi connectivity index (χ0n) is 9.09. The van der Waals surface area contributed by atoms with E-state index in [1.165, 1.54) is 0 Å². The number of methoxy groups -OCH3 is 1. The first-order valence-electron chi connectivity index (χ1n) is 4.85. The summed E-state index contributed by atoms with van der Waals surface area (Å²) in [5.74, 6) is 0.905. The van der Waals surface area contributed by atoms with Crippen LogP contribution >= 0.6 is 15.9 Å². The van der Waals surface area contributed by atoms with Gasteiger partial charge in [-0.05, 0) is 25.1 Å². The molecular formula is C12H16BrNO. The lowest BCUT2D eigenvalue weighted by Crippen LogP contribution is -2.23. The molecule has 1 aromatic rings. The van der Waals surface area contributed by atoms with Crippen LogP contribution in [0.4, 0.5) is 0 Å². The molecule has 0 amide bonds. The standard InChI is InChI=1S/C12H16BrNO/c1-4-9(2)14-8-10-7-11(13)5-6-12(10)15-3/h4-7,9,14H,1,8H2,2-3H3. The zero-order valence-corrected chi connectivity index (χ0v) is 10.7. The van der Waals surface area contributed by atoms with Crippen LogP contribution in [-0.2, 0) is 6.54 Å². The summed E-state index contributed by atoms with van der Waals surface area (Å²) in [5, 5.41) is 3.33. The van der Waals surface area contributed by atoms with Gasteiger partial charge in [-0.15, -0.1) is 6.58 Å². The fourth-order valence-corrected chi connectivity index (χ4v) is 1.65. The van der Waals surface area contributed by atoms with Crippen molar-refractivity contribution in [1.29, 1.82) is 0 Å². The van der Waals surface area contributed by atoms with Crippen LogP contribution in [0, 0.1) is 0 Å². The van der Waals surface area contributed by atoms with Gasteiger partial charge in [0.1, 0.15) is 5.75 Å². The molecular weight excluding hydrogens is 254 g/mol. The van der Waals surface area contributed by atoms with Crippen LogP contribution in [0.5, 0.6) is 5.75 Å². The summed E-state index contributed by atoms with van der Waals surface area (Å²) in [6.07, 6.45) is 1.88. The molecule has 2 nitrogen and oxygen atoms in total. The van der Waals surface area contributed by atoms with Gasteiger partial charge in [0.15, 0.2) is 0 Å². The van der Waals surface area contributed by atoms with E-state index >= 15 is 0 Å². The highest BCUT2D eigenvalue weighted by molar-refractivity contribution is 9.10. The minimum absolute atomic E-state index is 0.300. The van der Waals surface area contributed by atoms with Crippen molar-refractivity contribution in [2.24, 2.45) is 0 Å². The van der Waals surface area contributed by atoms with Gasteiger partial charge in [0, 0.05) is 22.6 Å². The number of ether oxygens (including phenoxy) is 1. The monoisotopic (exact) mass is 269 g/mol. The zero-order chi connectivity index (χ0) is 11.3. The van der Waals surface area contributed by atoms with E-state index in [0.717, 1.165) is 22.3 Å². The van der Waals surface area contributed by atoms with Crippen molar-refractivity contribution < 1.29 is 4.74 Å². The molecule has 1 unspecified atom stereocenters. The molecule has 1 rings (SSSR count). The van der Waals surface area contributed by atoms with E-state index in [4.69, 9.17) is 4.74 Å². The highest BCUT2D eigenvalue weighted by Crippen LogP contribution is 2.22. The topological polar surface area (TPSA) is 21.3 Å². The number of benzene rings is 1. The third-order valence-corrected chi connectivity index (χ3v) is 2.70. The molecule has 0 saturated carbocycles.